The van der Waals surface area contributed by atoms with E-state index in [1.165, 1.54) is 11.9 Å². The number of urea groups is 1. The molecule has 1 fully saturated rings. The number of carboxylic acid groups (broad SMARTS) is 1. The Balaban J connectivity index is 2.68. The van der Waals surface area contributed by atoms with Crippen LogP contribution in [0.3, 0.4) is 0 Å². The maximum absolute atomic E-state index is 11.6. The highest BCUT2D eigenvalue weighted by molar-refractivity contribution is 7.91. The van der Waals surface area contributed by atoms with E-state index >= 15 is 0 Å². The lowest BCUT2D eigenvalue weighted by Gasteiger charge is -2.25. The fourth-order valence-electron chi connectivity index (χ4n) is 1.96. The molecule has 0 aromatic rings. The smallest absolute Gasteiger partial charge is 0.321 e. The third-order valence-corrected chi connectivity index (χ3v) is 4.64. The van der Waals surface area contributed by atoms with E-state index in [4.69, 9.17) is 5.11 Å². The van der Waals surface area contributed by atoms with Gasteiger partial charge in [-0.1, -0.05) is 0 Å². The lowest BCUT2D eigenvalue weighted by Crippen LogP contribution is -2.48. The van der Waals surface area contributed by atoms with Gasteiger partial charge in [-0.25, -0.2) is 13.2 Å². The van der Waals surface area contributed by atoms with E-state index in [1.807, 2.05) is 5.32 Å². The van der Waals surface area contributed by atoms with Crippen molar-refractivity contribution in [3.8, 4) is 0 Å². The van der Waals surface area contributed by atoms with Crippen molar-refractivity contribution in [3.05, 3.63) is 0 Å². The Morgan fingerprint density at radius 2 is 1.95 bits per heavy atom. The number of rotatable bonds is 5. The Morgan fingerprint density at radius 3 is 2.40 bits per heavy atom. The van der Waals surface area contributed by atoms with Crippen molar-refractivity contribution in [2.75, 3.05) is 31.6 Å². The molecule has 0 bridgehead atoms. The van der Waals surface area contributed by atoms with Gasteiger partial charge in [0, 0.05) is 13.1 Å². The van der Waals surface area contributed by atoms with Crippen LogP contribution >= 0.6 is 0 Å². The van der Waals surface area contributed by atoms with Gasteiger partial charge in [0.05, 0.1) is 24.6 Å². The molecule has 114 valence electrons. The Bertz CT molecular complexity index is 503. The summed E-state index contributed by atoms with van der Waals surface area (Å²) >= 11 is 0. The summed E-state index contributed by atoms with van der Waals surface area (Å²) in [6.07, 6.45) is 0.281. The SMILES string of the molecule is CNC(=O)NC(=O)CN(CC(=O)O)C1CCS(=O)(=O)C1. The fourth-order valence-corrected chi connectivity index (χ4v) is 3.73. The molecule has 0 aromatic heterocycles. The average molecular weight is 307 g/mol. The van der Waals surface area contributed by atoms with Crippen LogP contribution < -0.4 is 10.6 Å². The van der Waals surface area contributed by atoms with Gasteiger partial charge < -0.3 is 10.4 Å². The van der Waals surface area contributed by atoms with E-state index < -0.39 is 40.3 Å². The molecule has 1 aliphatic rings. The van der Waals surface area contributed by atoms with E-state index in [2.05, 4.69) is 5.32 Å². The first-order valence-electron chi connectivity index (χ1n) is 5.91. The number of carbonyl (C=O) groups is 3. The van der Waals surface area contributed by atoms with Crippen molar-refractivity contribution in [2.24, 2.45) is 0 Å². The second-order valence-corrected chi connectivity index (χ2v) is 6.71. The summed E-state index contributed by atoms with van der Waals surface area (Å²) in [5, 5.41) is 13.0. The van der Waals surface area contributed by atoms with Crippen molar-refractivity contribution < 1.29 is 27.9 Å². The van der Waals surface area contributed by atoms with Crippen LogP contribution in [0.5, 0.6) is 0 Å². The molecule has 1 unspecified atom stereocenters. The molecule has 1 saturated heterocycles. The van der Waals surface area contributed by atoms with Crippen LogP contribution in [0.1, 0.15) is 6.42 Å². The number of nitrogens with zero attached hydrogens (tertiary/aromatic N) is 1. The summed E-state index contributed by atoms with van der Waals surface area (Å²) < 4.78 is 22.8. The molecule has 20 heavy (non-hydrogen) atoms. The molecule has 1 rings (SSSR count). The number of carbonyl (C=O) groups excluding carboxylic acids is 2. The predicted octanol–water partition coefficient (Wildman–Crippen LogP) is -1.98. The van der Waals surface area contributed by atoms with E-state index in [-0.39, 0.29) is 24.5 Å². The number of aliphatic carboxylic acids is 1. The molecule has 0 spiro atoms. The van der Waals surface area contributed by atoms with Crippen molar-refractivity contribution in [1.29, 1.82) is 0 Å². The van der Waals surface area contributed by atoms with Crippen LogP contribution in [0.4, 0.5) is 4.79 Å². The van der Waals surface area contributed by atoms with Gasteiger partial charge in [0.25, 0.3) is 0 Å². The first-order chi connectivity index (χ1) is 9.23. The van der Waals surface area contributed by atoms with Crippen LogP contribution in [0.15, 0.2) is 0 Å². The van der Waals surface area contributed by atoms with Crippen molar-refractivity contribution >= 4 is 27.7 Å². The quantitative estimate of drug-likeness (QED) is 0.536. The molecule has 0 radical (unpaired) electrons. The number of hydrogen-bond donors (Lipinski definition) is 3. The highest BCUT2D eigenvalue weighted by Crippen LogP contribution is 2.17. The van der Waals surface area contributed by atoms with Crippen molar-refractivity contribution in [1.82, 2.24) is 15.5 Å². The van der Waals surface area contributed by atoms with E-state index in [0.29, 0.717) is 0 Å². The first kappa shape index (κ1) is 16.4. The second-order valence-electron chi connectivity index (χ2n) is 4.48. The summed E-state index contributed by atoms with van der Waals surface area (Å²) in [4.78, 5) is 34.6. The summed E-state index contributed by atoms with van der Waals surface area (Å²) in [6, 6.07) is -1.23. The van der Waals surface area contributed by atoms with E-state index in [1.54, 1.807) is 0 Å². The van der Waals surface area contributed by atoms with Gasteiger partial charge in [-0.2, -0.15) is 0 Å². The minimum atomic E-state index is -3.19. The number of imide groups is 1. The molecule has 1 atom stereocenters. The van der Waals surface area contributed by atoms with Crippen LogP contribution in [0.2, 0.25) is 0 Å². The van der Waals surface area contributed by atoms with E-state index in [0.717, 1.165) is 0 Å². The van der Waals surface area contributed by atoms with Gasteiger partial charge in [-0.05, 0) is 6.42 Å². The minimum absolute atomic E-state index is 0.0230. The Kier molecular flexibility index (Phi) is 5.45. The summed E-state index contributed by atoms with van der Waals surface area (Å²) in [5.74, 6) is -2.05. The third kappa shape index (κ3) is 5.13. The second kappa shape index (κ2) is 6.66. The van der Waals surface area contributed by atoms with Crippen molar-refractivity contribution in [2.45, 2.75) is 12.5 Å². The summed E-state index contributed by atoms with van der Waals surface area (Å²) in [6.45, 7) is -0.804. The molecule has 0 saturated carbocycles. The maximum Gasteiger partial charge on any atom is 0.321 e. The minimum Gasteiger partial charge on any atom is -0.480 e. The van der Waals surface area contributed by atoms with Gasteiger partial charge in [-0.15, -0.1) is 0 Å². The molecule has 1 heterocycles. The fraction of sp³-hybridized carbons (Fsp3) is 0.700. The Hall–Kier alpha value is -1.68. The maximum atomic E-state index is 11.6. The normalized spacial score (nSPS) is 20.6. The largest absolute Gasteiger partial charge is 0.480 e. The number of sulfone groups is 1. The van der Waals surface area contributed by atoms with Gasteiger partial charge in [-0.3, -0.25) is 19.8 Å². The average Bonchev–Trinajstić information content (AvgIpc) is 2.68. The highest BCUT2D eigenvalue weighted by Gasteiger charge is 2.34. The summed E-state index contributed by atoms with van der Waals surface area (Å²) in [7, 11) is -1.85. The zero-order valence-electron chi connectivity index (χ0n) is 11.0. The molecule has 3 N–H and O–H groups in total. The standard InChI is InChI=1S/C10H17N3O6S/c1-11-10(17)12-8(14)4-13(5-9(15)16)7-2-3-20(18,19)6-7/h7H,2-6H2,1H3,(H,15,16)(H2,11,12,14,17). The first-order valence-corrected chi connectivity index (χ1v) is 7.73. The van der Waals surface area contributed by atoms with Crippen LogP contribution in [-0.4, -0.2) is 74.0 Å². The molecule has 10 heteroatoms. The molecule has 0 aromatic carbocycles. The number of amides is 3. The zero-order valence-corrected chi connectivity index (χ0v) is 11.8. The number of carboxylic acids is 1. The Labute approximate surface area is 116 Å². The zero-order chi connectivity index (χ0) is 15.3. The van der Waals surface area contributed by atoms with Crippen LogP contribution in [0.25, 0.3) is 0 Å². The lowest BCUT2D eigenvalue weighted by molar-refractivity contribution is -0.139. The van der Waals surface area contributed by atoms with Crippen LogP contribution in [-0.2, 0) is 19.4 Å². The Morgan fingerprint density at radius 1 is 1.30 bits per heavy atom. The van der Waals surface area contributed by atoms with E-state index in [9.17, 15) is 22.8 Å². The highest BCUT2D eigenvalue weighted by atomic mass is 32.2. The van der Waals surface area contributed by atoms with Gasteiger partial charge in [0.2, 0.25) is 5.91 Å². The molecular weight excluding hydrogens is 290 g/mol. The monoisotopic (exact) mass is 307 g/mol. The summed E-state index contributed by atoms with van der Waals surface area (Å²) in [5.41, 5.74) is 0. The predicted molar refractivity (Wildman–Crippen MR) is 68.9 cm³/mol. The molecule has 9 nitrogen and oxygen atoms in total. The van der Waals surface area contributed by atoms with Crippen molar-refractivity contribution in [3.63, 3.8) is 0 Å². The molecular formula is C10H17N3O6S. The number of hydrogen-bond acceptors (Lipinski definition) is 6. The molecule has 3 amide bonds. The molecule has 0 aliphatic carbocycles. The third-order valence-electron chi connectivity index (χ3n) is 2.89. The van der Waals surface area contributed by atoms with Gasteiger partial charge in [0.1, 0.15) is 0 Å². The van der Waals surface area contributed by atoms with Gasteiger partial charge in [0.15, 0.2) is 9.84 Å². The van der Waals surface area contributed by atoms with Crippen LogP contribution in [0, 0.1) is 0 Å². The molecule has 1 aliphatic heterocycles. The topological polar surface area (TPSA) is 133 Å². The van der Waals surface area contributed by atoms with Gasteiger partial charge >= 0.3 is 12.0 Å². The number of nitrogens with one attached hydrogen (secondary N) is 2. The lowest BCUT2D eigenvalue weighted by atomic mass is 10.2.